The third-order valence-corrected chi connectivity index (χ3v) is 4.92. The second-order valence-corrected chi connectivity index (χ2v) is 6.85. The lowest BCUT2D eigenvalue weighted by Gasteiger charge is -2.21. The van der Waals surface area contributed by atoms with E-state index in [2.05, 4.69) is 10.3 Å². The molecule has 1 fully saturated rings. The molecule has 7 heteroatoms. The predicted molar refractivity (Wildman–Crippen MR) is 104 cm³/mol. The van der Waals surface area contributed by atoms with Crippen LogP contribution in [0.2, 0.25) is 0 Å². The van der Waals surface area contributed by atoms with E-state index in [1.807, 2.05) is 4.90 Å². The van der Waals surface area contributed by atoms with Crippen LogP contribution in [0.5, 0.6) is 0 Å². The summed E-state index contributed by atoms with van der Waals surface area (Å²) in [4.78, 5) is 18.9. The smallest absolute Gasteiger partial charge is 0.253 e. The summed E-state index contributed by atoms with van der Waals surface area (Å²) in [6.07, 6.45) is 7.42. The maximum Gasteiger partial charge on any atom is 0.253 e. The van der Waals surface area contributed by atoms with Gasteiger partial charge in [-0.3, -0.25) is 9.20 Å². The number of nitrogens with two attached hydrogens (primary N) is 1. The molecule has 0 spiro atoms. The van der Waals surface area contributed by atoms with Crippen molar-refractivity contribution >= 4 is 28.7 Å². The van der Waals surface area contributed by atoms with Crippen molar-refractivity contribution in [1.29, 1.82) is 0 Å². The van der Waals surface area contributed by atoms with Crippen molar-refractivity contribution in [3.63, 3.8) is 0 Å². The Morgan fingerprint density at radius 2 is 1.89 bits per heavy atom. The Morgan fingerprint density at radius 3 is 2.63 bits per heavy atom. The molecule has 4 rings (SSSR count). The molecule has 0 bridgehead atoms. The fraction of sp³-hybridized carbons (Fsp3) is 0.300. The van der Waals surface area contributed by atoms with Crippen molar-refractivity contribution < 1.29 is 9.18 Å². The first kappa shape index (κ1) is 17.3. The zero-order valence-electron chi connectivity index (χ0n) is 15.0. The number of halogens is 1. The number of carbonyl (C=O) groups excluding carboxylic acids is 1. The van der Waals surface area contributed by atoms with Crippen molar-refractivity contribution in [3.05, 3.63) is 54.1 Å². The number of rotatable bonds is 3. The van der Waals surface area contributed by atoms with Gasteiger partial charge in [0.25, 0.3) is 5.91 Å². The summed E-state index contributed by atoms with van der Waals surface area (Å²) in [7, 11) is 0. The molecule has 6 nitrogen and oxygen atoms in total. The number of aromatic nitrogens is 2. The third-order valence-electron chi connectivity index (χ3n) is 4.92. The largest absolute Gasteiger partial charge is 0.397 e. The highest BCUT2D eigenvalue weighted by Gasteiger charge is 2.18. The molecule has 1 aliphatic rings. The Hall–Kier alpha value is -3.09. The molecule has 1 amide bonds. The molecule has 1 aromatic carbocycles. The lowest BCUT2D eigenvalue weighted by molar-refractivity contribution is 0.0761. The summed E-state index contributed by atoms with van der Waals surface area (Å²) in [5, 5.41) is 3.16. The van der Waals surface area contributed by atoms with Crippen LogP contribution in [0.25, 0.3) is 5.65 Å². The molecule has 3 heterocycles. The van der Waals surface area contributed by atoms with Crippen molar-refractivity contribution in [2.24, 2.45) is 0 Å². The summed E-state index contributed by atoms with van der Waals surface area (Å²) in [6.45, 7) is 1.60. The molecule has 1 saturated heterocycles. The molecule has 0 saturated carbocycles. The highest BCUT2D eigenvalue weighted by atomic mass is 19.1. The van der Waals surface area contributed by atoms with E-state index in [0.717, 1.165) is 25.9 Å². The molecule has 0 atom stereocenters. The van der Waals surface area contributed by atoms with Crippen LogP contribution < -0.4 is 11.1 Å². The van der Waals surface area contributed by atoms with E-state index in [-0.39, 0.29) is 11.7 Å². The first-order valence-electron chi connectivity index (χ1n) is 9.20. The zero-order valence-corrected chi connectivity index (χ0v) is 15.0. The normalized spacial score (nSPS) is 14.9. The number of likely N-dealkylation sites (tertiary alicyclic amines) is 1. The Kier molecular flexibility index (Phi) is 4.66. The number of nitrogens with one attached hydrogen (secondary N) is 1. The van der Waals surface area contributed by atoms with E-state index >= 15 is 0 Å². The van der Waals surface area contributed by atoms with Gasteiger partial charge in [-0.25, -0.2) is 9.37 Å². The van der Waals surface area contributed by atoms with Crippen LogP contribution in [-0.4, -0.2) is 33.3 Å². The Balaban J connectivity index is 1.56. The lowest BCUT2D eigenvalue weighted by atomic mass is 10.1. The molecule has 140 valence electrons. The summed E-state index contributed by atoms with van der Waals surface area (Å²) in [5.41, 5.74) is 8.50. The van der Waals surface area contributed by atoms with Crippen molar-refractivity contribution in [2.75, 3.05) is 24.1 Å². The molecule has 0 radical (unpaired) electrons. The van der Waals surface area contributed by atoms with Gasteiger partial charge in [-0.2, -0.15) is 0 Å². The molecule has 3 N–H and O–H groups in total. The van der Waals surface area contributed by atoms with Gasteiger partial charge in [-0.05, 0) is 43.2 Å². The SMILES string of the molecule is Nc1cc(C(=O)N2CCCCCC2)ccc1Nc1cnc2ccc(F)cn12. The monoisotopic (exact) mass is 367 g/mol. The van der Waals surface area contributed by atoms with Gasteiger partial charge in [0.15, 0.2) is 0 Å². The minimum absolute atomic E-state index is 0.0204. The van der Waals surface area contributed by atoms with Gasteiger partial charge in [0.05, 0.1) is 17.6 Å². The van der Waals surface area contributed by atoms with Gasteiger partial charge in [-0.1, -0.05) is 12.8 Å². The molecular formula is C20H22FN5O. The van der Waals surface area contributed by atoms with Gasteiger partial charge in [0.2, 0.25) is 0 Å². The minimum atomic E-state index is -0.352. The average molecular weight is 367 g/mol. The number of hydrogen-bond donors (Lipinski definition) is 2. The number of anilines is 3. The predicted octanol–water partition coefficient (Wildman–Crippen LogP) is 3.82. The number of pyridine rings is 1. The highest BCUT2D eigenvalue weighted by Crippen LogP contribution is 2.26. The number of benzene rings is 1. The Bertz CT molecular complexity index is 976. The van der Waals surface area contributed by atoms with Crippen LogP contribution in [0, 0.1) is 5.82 Å². The van der Waals surface area contributed by atoms with Gasteiger partial charge >= 0.3 is 0 Å². The number of amides is 1. The lowest BCUT2D eigenvalue weighted by Crippen LogP contribution is -2.31. The van der Waals surface area contributed by atoms with Crippen LogP contribution in [0.3, 0.4) is 0 Å². The average Bonchev–Trinajstić information content (AvgIpc) is 2.88. The van der Waals surface area contributed by atoms with E-state index < -0.39 is 0 Å². The maximum absolute atomic E-state index is 13.5. The zero-order chi connectivity index (χ0) is 18.8. The number of fused-ring (bicyclic) bond motifs is 1. The molecule has 1 aliphatic heterocycles. The fourth-order valence-corrected chi connectivity index (χ4v) is 3.45. The number of carbonyl (C=O) groups is 1. The van der Waals surface area contributed by atoms with E-state index in [1.54, 1.807) is 34.9 Å². The van der Waals surface area contributed by atoms with Crippen molar-refractivity contribution in [1.82, 2.24) is 14.3 Å². The highest BCUT2D eigenvalue weighted by molar-refractivity contribution is 5.96. The second-order valence-electron chi connectivity index (χ2n) is 6.85. The summed E-state index contributed by atoms with van der Waals surface area (Å²) < 4.78 is 15.1. The van der Waals surface area contributed by atoms with E-state index in [9.17, 15) is 9.18 Å². The van der Waals surface area contributed by atoms with Crippen LogP contribution in [-0.2, 0) is 0 Å². The number of nitrogens with zero attached hydrogens (tertiary/aromatic N) is 3. The quantitative estimate of drug-likeness (QED) is 0.690. The van der Waals surface area contributed by atoms with Crippen molar-refractivity contribution in [3.8, 4) is 0 Å². The Morgan fingerprint density at radius 1 is 1.11 bits per heavy atom. The Labute approximate surface area is 156 Å². The molecule has 0 unspecified atom stereocenters. The van der Waals surface area contributed by atoms with Gasteiger partial charge in [0.1, 0.15) is 17.3 Å². The minimum Gasteiger partial charge on any atom is -0.397 e. The maximum atomic E-state index is 13.5. The first-order chi connectivity index (χ1) is 13.1. The fourth-order valence-electron chi connectivity index (χ4n) is 3.45. The molecule has 2 aromatic heterocycles. The second kappa shape index (κ2) is 7.26. The number of imidazole rings is 1. The first-order valence-corrected chi connectivity index (χ1v) is 9.20. The van der Waals surface area contributed by atoms with Gasteiger partial charge < -0.3 is 16.0 Å². The van der Waals surface area contributed by atoms with E-state index in [4.69, 9.17) is 5.73 Å². The van der Waals surface area contributed by atoms with E-state index in [0.29, 0.717) is 28.4 Å². The van der Waals surface area contributed by atoms with Crippen LogP contribution in [0.1, 0.15) is 36.0 Å². The molecular weight excluding hydrogens is 345 g/mol. The van der Waals surface area contributed by atoms with Gasteiger partial charge in [0, 0.05) is 24.8 Å². The van der Waals surface area contributed by atoms with Crippen LogP contribution in [0.15, 0.2) is 42.7 Å². The van der Waals surface area contributed by atoms with E-state index in [1.165, 1.54) is 25.1 Å². The molecule has 27 heavy (non-hydrogen) atoms. The topological polar surface area (TPSA) is 75.7 Å². The van der Waals surface area contributed by atoms with Crippen molar-refractivity contribution in [2.45, 2.75) is 25.7 Å². The summed E-state index contributed by atoms with van der Waals surface area (Å²) >= 11 is 0. The molecule has 0 aliphatic carbocycles. The number of hydrogen-bond acceptors (Lipinski definition) is 4. The summed E-state index contributed by atoms with van der Waals surface area (Å²) in [6, 6.07) is 8.21. The third kappa shape index (κ3) is 3.58. The van der Waals surface area contributed by atoms with Crippen LogP contribution >= 0.6 is 0 Å². The van der Waals surface area contributed by atoms with Gasteiger partial charge in [-0.15, -0.1) is 0 Å². The summed E-state index contributed by atoms with van der Waals surface area (Å²) in [5.74, 6) is 0.268. The standard InChI is InChI=1S/C20H22FN5O/c21-15-6-8-18-23-12-19(26(18)13-15)24-17-7-5-14(11-16(17)22)20(27)25-9-3-1-2-4-10-25/h5-8,11-13,24H,1-4,9-10,22H2. The number of nitrogen functional groups attached to an aromatic ring is 1. The van der Waals surface area contributed by atoms with Crippen LogP contribution in [0.4, 0.5) is 21.6 Å². The molecule has 3 aromatic rings.